The fourth-order valence-electron chi connectivity index (χ4n) is 3.84. The average Bonchev–Trinajstić information content (AvgIpc) is 2.86. The molecule has 12 heteroatoms. The first-order chi connectivity index (χ1) is 19.2. The number of halogens is 1. The summed E-state index contributed by atoms with van der Waals surface area (Å²) in [6.45, 7) is 15.2. The lowest BCUT2D eigenvalue weighted by atomic mass is 9.96. The second-order valence-corrected chi connectivity index (χ2v) is 13.4. The van der Waals surface area contributed by atoms with Crippen LogP contribution in [0.25, 0.3) is 0 Å². The molecule has 234 valence electrons. The third-order valence-electron chi connectivity index (χ3n) is 6.33. The van der Waals surface area contributed by atoms with E-state index in [0.29, 0.717) is 22.5 Å². The molecule has 2 rings (SSSR count). The predicted molar refractivity (Wildman–Crippen MR) is 155 cm³/mol. The molecule has 1 aromatic carbocycles. The van der Waals surface area contributed by atoms with Crippen molar-refractivity contribution in [3.8, 4) is 11.5 Å². The van der Waals surface area contributed by atoms with Crippen LogP contribution in [-0.4, -0.2) is 45.9 Å². The number of aromatic hydroxyl groups is 1. The maximum absolute atomic E-state index is 15.9. The molecule has 2 N–H and O–H groups in total. The molecular weight excluding hydrogens is 568 g/mol. The molecule has 0 bridgehead atoms. The van der Waals surface area contributed by atoms with Gasteiger partial charge in [0, 0.05) is 12.1 Å². The second-order valence-electron chi connectivity index (χ2n) is 12.7. The van der Waals surface area contributed by atoms with Crippen LogP contribution in [0.15, 0.2) is 18.2 Å². The fourth-order valence-corrected chi connectivity index (χ4v) is 4.32. The number of esters is 2. The van der Waals surface area contributed by atoms with E-state index in [0.717, 1.165) is 0 Å². The third-order valence-corrected chi connectivity index (χ3v) is 6.87. The molecule has 1 aromatic heterocycles. The maximum atomic E-state index is 15.9. The van der Waals surface area contributed by atoms with Crippen molar-refractivity contribution >= 4 is 20.2 Å². The van der Waals surface area contributed by atoms with E-state index >= 15 is 4.39 Å². The van der Waals surface area contributed by atoms with Crippen molar-refractivity contribution in [1.29, 1.82) is 0 Å². The normalized spacial score (nSPS) is 13.2. The van der Waals surface area contributed by atoms with Gasteiger partial charge in [-0.05, 0) is 96.2 Å². The molecule has 1 heterocycles. The van der Waals surface area contributed by atoms with Gasteiger partial charge in [-0.2, -0.15) is 0 Å². The Bertz CT molecular complexity index is 1300. The van der Waals surface area contributed by atoms with Crippen LogP contribution < -0.4 is 4.74 Å². The first-order valence-electron chi connectivity index (χ1n) is 13.6. The second kappa shape index (κ2) is 13.5. The van der Waals surface area contributed by atoms with Gasteiger partial charge in [-0.3, -0.25) is 23.7 Å². The summed E-state index contributed by atoms with van der Waals surface area (Å²) in [7, 11) is -3.78. The molecule has 0 aliphatic rings. The number of aromatic nitrogens is 1. The van der Waals surface area contributed by atoms with Gasteiger partial charge >= 0.3 is 20.2 Å². The van der Waals surface area contributed by atoms with Gasteiger partial charge in [0.25, 0.3) is 5.79 Å². The topological polar surface area (TPSA) is 141 Å². The number of ether oxygens (including phenoxy) is 3. The summed E-state index contributed by atoms with van der Waals surface area (Å²) in [4.78, 5) is 39.4. The smallest absolute Gasteiger partial charge is 0.320 e. The van der Waals surface area contributed by atoms with E-state index in [-0.39, 0.29) is 29.4 Å². The van der Waals surface area contributed by atoms with Gasteiger partial charge in [0.1, 0.15) is 5.75 Å². The Hall–Kier alpha value is -3.01. The molecule has 1 unspecified atom stereocenters. The SMILES string of the molecule is Cc1cc(OC(COC(=O)C(C)(C)C)(COC(=O)C(C)(C)C)O[PH](=O)O)c(F)c(C)c1Cc1ccc(O)c(C(C)C)n1. The van der Waals surface area contributed by atoms with Gasteiger partial charge in [-0.25, -0.2) is 4.39 Å². The monoisotopic (exact) mass is 611 g/mol. The molecule has 0 saturated carbocycles. The predicted octanol–water partition coefficient (Wildman–Crippen LogP) is 5.91. The number of hydrogen-bond donors (Lipinski definition) is 2. The summed E-state index contributed by atoms with van der Waals surface area (Å²) in [6.07, 6.45) is 0.257. The Balaban J connectivity index is 2.54. The third kappa shape index (κ3) is 9.24. The van der Waals surface area contributed by atoms with E-state index in [1.165, 1.54) is 6.07 Å². The highest BCUT2D eigenvalue weighted by Gasteiger charge is 2.42. The fraction of sp³-hybridized carbons (Fsp3) is 0.567. The van der Waals surface area contributed by atoms with E-state index < -0.39 is 55.8 Å². The Kier molecular flexibility index (Phi) is 11.3. The van der Waals surface area contributed by atoms with Crippen molar-refractivity contribution in [3.63, 3.8) is 0 Å². The molecule has 10 nitrogen and oxygen atoms in total. The van der Waals surface area contributed by atoms with Crippen LogP contribution in [-0.2, 0) is 34.6 Å². The number of carbonyl (C=O) groups excluding carboxylic acids is 2. The molecular formula is C30H43FNO9P. The van der Waals surface area contributed by atoms with E-state index in [1.807, 2.05) is 13.8 Å². The van der Waals surface area contributed by atoms with Crippen LogP contribution in [0.3, 0.4) is 0 Å². The number of nitrogens with zero attached hydrogens (tertiary/aromatic N) is 1. The number of rotatable bonds is 11. The summed E-state index contributed by atoms with van der Waals surface area (Å²) in [5, 5.41) is 10.1. The van der Waals surface area contributed by atoms with Crippen LogP contribution in [0.2, 0.25) is 0 Å². The lowest BCUT2D eigenvalue weighted by Gasteiger charge is -2.34. The first kappa shape index (κ1) is 35.2. The van der Waals surface area contributed by atoms with Crippen LogP contribution in [0, 0.1) is 30.5 Å². The van der Waals surface area contributed by atoms with Gasteiger partial charge in [-0.1, -0.05) is 13.8 Å². The van der Waals surface area contributed by atoms with Crippen molar-refractivity contribution in [2.45, 2.75) is 87.4 Å². The van der Waals surface area contributed by atoms with Crippen LogP contribution >= 0.6 is 8.25 Å². The Morgan fingerprint density at radius 3 is 1.98 bits per heavy atom. The minimum atomic E-state index is -3.78. The number of benzene rings is 1. The maximum Gasteiger partial charge on any atom is 0.320 e. The molecule has 0 fully saturated rings. The summed E-state index contributed by atoms with van der Waals surface area (Å²) in [5.41, 5.74) is 0.693. The Morgan fingerprint density at radius 2 is 1.52 bits per heavy atom. The van der Waals surface area contributed by atoms with E-state index in [4.69, 9.17) is 18.7 Å². The quantitative estimate of drug-likeness (QED) is 0.179. The minimum Gasteiger partial charge on any atom is -0.506 e. The lowest BCUT2D eigenvalue weighted by molar-refractivity contribution is -0.207. The van der Waals surface area contributed by atoms with Crippen molar-refractivity contribution in [2.75, 3.05) is 13.2 Å². The van der Waals surface area contributed by atoms with Gasteiger partial charge in [0.2, 0.25) is 0 Å². The number of hydrogen-bond acceptors (Lipinski definition) is 9. The van der Waals surface area contributed by atoms with E-state index in [9.17, 15) is 24.2 Å². The summed E-state index contributed by atoms with van der Waals surface area (Å²) >= 11 is 0. The van der Waals surface area contributed by atoms with Crippen molar-refractivity contribution in [1.82, 2.24) is 4.98 Å². The van der Waals surface area contributed by atoms with E-state index in [2.05, 4.69) is 4.98 Å². The molecule has 42 heavy (non-hydrogen) atoms. The average molecular weight is 612 g/mol. The Labute approximate surface area is 247 Å². The molecule has 0 aliphatic carbocycles. The molecule has 0 spiro atoms. The highest BCUT2D eigenvalue weighted by atomic mass is 31.1. The van der Waals surface area contributed by atoms with Crippen molar-refractivity contribution in [3.05, 3.63) is 52.1 Å². The molecule has 0 aliphatic heterocycles. The van der Waals surface area contributed by atoms with Crippen LogP contribution in [0.4, 0.5) is 4.39 Å². The number of carbonyl (C=O) groups is 2. The number of pyridine rings is 1. The summed E-state index contributed by atoms with van der Waals surface area (Å²) in [5.74, 6) is -4.82. The van der Waals surface area contributed by atoms with Gasteiger partial charge in [0.05, 0.1) is 16.5 Å². The first-order valence-corrected chi connectivity index (χ1v) is 14.9. The van der Waals surface area contributed by atoms with Crippen molar-refractivity contribution < 1.29 is 47.3 Å². The molecule has 0 saturated heterocycles. The Morgan fingerprint density at radius 1 is 1.00 bits per heavy atom. The van der Waals surface area contributed by atoms with Crippen LogP contribution in [0.1, 0.15) is 89.4 Å². The van der Waals surface area contributed by atoms with E-state index in [1.54, 1.807) is 67.5 Å². The lowest BCUT2D eigenvalue weighted by Crippen LogP contribution is -2.49. The van der Waals surface area contributed by atoms with Crippen LogP contribution in [0.5, 0.6) is 11.5 Å². The van der Waals surface area contributed by atoms with Crippen molar-refractivity contribution in [2.24, 2.45) is 10.8 Å². The highest BCUT2D eigenvalue weighted by molar-refractivity contribution is 7.32. The van der Waals surface area contributed by atoms with Gasteiger partial charge in [0.15, 0.2) is 24.8 Å². The molecule has 1 atom stereocenters. The molecule has 0 radical (unpaired) electrons. The van der Waals surface area contributed by atoms with Gasteiger partial charge < -0.3 is 24.2 Å². The van der Waals surface area contributed by atoms with Gasteiger partial charge in [-0.15, -0.1) is 0 Å². The summed E-state index contributed by atoms with van der Waals surface area (Å²) < 4.78 is 49.6. The summed E-state index contributed by atoms with van der Waals surface area (Å²) in [6, 6.07) is 4.59. The zero-order valence-electron chi connectivity index (χ0n) is 26.0. The zero-order chi connectivity index (χ0) is 32.2. The standard InChI is InChI=1S/C30H43FNO9P/c1-17(2)25-22(33)12-11-20(32-25)14-21-18(3)13-23(24(31)19(21)4)40-30(41-42(36)37,15-38-26(34)28(5,6)7)16-39-27(35)29(8,9)10/h11-13,17,33,42H,14-16H2,1-10H3,(H,36,37). The molecule has 2 aromatic rings. The minimum absolute atomic E-state index is 0.0217. The largest absolute Gasteiger partial charge is 0.506 e. The number of aryl methyl sites for hydroxylation is 1. The zero-order valence-corrected chi connectivity index (χ0v) is 27.0. The molecule has 0 amide bonds. The highest BCUT2D eigenvalue weighted by Crippen LogP contribution is 2.36.